The Balaban J connectivity index is 1.65. The Morgan fingerprint density at radius 1 is 1.34 bits per heavy atom. The normalized spacial score (nSPS) is 29.3. The van der Waals surface area contributed by atoms with Crippen LogP contribution in [0.2, 0.25) is 0 Å². The number of ether oxygens (including phenoxy) is 3. The molecule has 2 fully saturated rings. The molecule has 2 saturated heterocycles. The Kier molecular flexibility index (Phi) is 5.88. The van der Waals surface area contributed by atoms with E-state index < -0.39 is 57.4 Å². The van der Waals surface area contributed by atoms with Crippen LogP contribution < -0.4 is 15.4 Å². The van der Waals surface area contributed by atoms with Gasteiger partial charge >= 0.3 is 20.2 Å². The third kappa shape index (κ3) is 4.67. The van der Waals surface area contributed by atoms with E-state index in [-0.39, 0.29) is 17.1 Å². The number of fused-ring (bicyclic) bond motifs is 2. The molecule has 4 heterocycles. The minimum atomic E-state index is -4.90. The first-order valence-electron chi connectivity index (χ1n) is 9.12. The minimum Gasteiger partial charge on any atom is -0.856 e. The molecule has 2 aromatic rings. The molecule has 5 atom stereocenters. The summed E-state index contributed by atoms with van der Waals surface area (Å²) in [4.78, 5) is 35.7. The number of phosphoric ester groups is 1. The van der Waals surface area contributed by atoms with E-state index in [4.69, 9.17) is 34.3 Å². The van der Waals surface area contributed by atoms with E-state index in [1.54, 1.807) is 27.2 Å². The van der Waals surface area contributed by atoms with E-state index in [0.717, 1.165) is 0 Å². The van der Waals surface area contributed by atoms with E-state index in [2.05, 4.69) is 26.1 Å². The van der Waals surface area contributed by atoms with E-state index >= 15 is 0 Å². The maximum Gasteiger partial charge on any atom is 0.479 e. The molecule has 4 rings (SSSR count). The van der Waals surface area contributed by atoms with Gasteiger partial charge in [0.25, 0.3) is 5.95 Å². The Labute approximate surface area is 186 Å². The molecule has 178 valence electrons. The summed E-state index contributed by atoms with van der Waals surface area (Å²) in [6.45, 7) is -1.63. The first-order chi connectivity index (χ1) is 14.7. The molecule has 0 spiro atoms. The summed E-state index contributed by atoms with van der Waals surface area (Å²) in [6.07, 6.45) is -1.75. The zero-order chi connectivity index (χ0) is 23.6. The SMILES string of the molecule is Cn1c[n+]([C@@H]2O[C@H](COP(=O)(O)OP(O)(O)=S)[C@H]3OC(C)(C)O[C@H]32)c2nc(N)nc([O-])c21. The van der Waals surface area contributed by atoms with Crippen molar-refractivity contribution in [3.05, 3.63) is 6.33 Å². The summed E-state index contributed by atoms with van der Waals surface area (Å²) in [5, 5.41) is 12.3. The lowest BCUT2D eigenvalue weighted by atomic mass is 10.1. The topological polar surface area (TPSA) is 208 Å². The minimum absolute atomic E-state index is 0.183. The number of phosphoric acid groups is 1. The molecule has 0 aliphatic carbocycles. The molecule has 0 saturated carbocycles. The average Bonchev–Trinajstić information content (AvgIpc) is 3.19. The number of anilines is 1. The number of nitrogens with two attached hydrogens (primary N) is 1. The molecule has 0 radical (unpaired) electrons. The van der Waals surface area contributed by atoms with Gasteiger partial charge in [0.1, 0.15) is 18.3 Å². The number of nitrogen functional groups attached to an aromatic ring is 1. The van der Waals surface area contributed by atoms with Gasteiger partial charge in [-0.25, -0.2) is 18.4 Å². The monoisotopic (exact) mass is 513 g/mol. The highest BCUT2D eigenvalue weighted by molar-refractivity contribution is 8.08. The first kappa shape index (κ1) is 23.9. The summed E-state index contributed by atoms with van der Waals surface area (Å²) < 4.78 is 41.8. The van der Waals surface area contributed by atoms with Crippen LogP contribution in [0.15, 0.2) is 6.33 Å². The summed E-state index contributed by atoms with van der Waals surface area (Å²) in [5.41, 5.74) is 6.02. The Morgan fingerprint density at radius 2 is 2.00 bits per heavy atom. The van der Waals surface area contributed by atoms with Crippen molar-refractivity contribution in [1.29, 1.82) is 0 Å². The predicted octanol–water partition coefficient (Wildman–Crippen LogP) is -1.33. The molecule has 0 aromatic carbocycles. The van der Waals surface area contributed by atoms with Gasteiger partial charge in [-0.2, -0.15) is 0 Å². The van der Waals surface area contributed by atoms with Crippen LogP contribution in [0.4, 0.5) is 5.95 Å². The Bertz CT molecular complexity index is 1150. The number of rotatable bonds is 6. The summed E-state index contributed by atoms with van der Waals surface area (Å²) >= 11 is 4.20. The van der Waals surface area contributed by atoms with Crippen LogP contribution >= 0.6 is 14.5 Å². The van der Waals surface area contributed by atoms with Crippen molar-refractivity contribution in [3.8, 4) is 5.88 Å². The predicted molar refractivity (Wildman–Crippen MR) is 106 cm³/mol. The lowest BCUT2D eigenvalue weighted by Gasteiger charge is -2.24. The van der Waals surface area contributed by atoms with Crippen LogP contribution in [-0.4, -0.2) is 59.9 Å². The van der Waals surface area contributed by atoms with Crippen molar-refractivity contribution in [2.24, 2.45) is 7.05 Å². The van der Waals surface area contributed by atoms with E-state index in [1.165, 1.54) is 9.13 Å². The lowest BCUT2D eigenvalue weighted by Crippen LogP contribution is -2.46. The van der Waals surface area contributed by atoms with E-state index in [1.807, 2.05) is 0 Å². The fraction of sp³-hybridized carbons (Fsp3) is 0.643. The van der Waals surface area contributed by atoms with Crippen LogP contribution in [0, 0.1) is 0 Å². The van der Waals surface area contributed by atoms with Crippen molar-refractivity contribution in [2.75, 3.05) is 12.3 Å². The summed E-state index contributed by atoms with van der Waals surface area (Å²) in [6, 6.07) is 0. The third-order valence-electron chi connectivity index (χ3n) is 4.76. The molecule has 15 nitrogen and oxygen atoms in total. The Morgan fingerprint density at radius 3 is 2.66 bits per heavy atom. The molecule has 1 unspecified atom stereocenters. The van der Waals surface area contributed by atoms with Gasteiger partial charge in [-0.3, -0.25) is 9.09 Å². The van der Waals surface area contributed by atoms with Crippen LogP contribution in [0.1, 0.15) is 20.1 Å². The summed E-state index contributed by atoms with van der Waals surface area (Å²) in [5.74, 6) is -1.81. The van der Waals surface area contributed by atoms with Gasteiger partial charge in [-0.1, -0.05) is 4.98 Å². The number of hydrogen-bond donors (Lipinski definition) is 4. The van der Waals surface area contributed by atoms with E-state index in [0.29, 0.717) is 0 Å². The largest absolute Gasteiger partial charge is 0.856 e. The van der Waals surface area contributed by atoms with Gasteiger partial charge in [-0.05, 0) is 25.7 Å². The second kappa shape index (κ2) is 7.89. The first-order valence-corrected chi connectivity index (χ1v) is 13.2. The molecule has 32 heavy (non-hydrogen) atoms. The van der Waals surface area contributed by atoms with Crippen LogP contribution in [-0.2, 0) is 46.5 Å². The van der Waals surface area contributed by atoms with Crippen molar-refractivity contribution in [3.63, 3.8) is 0 Å². The molecule has 2 aliphatic rings. The highest BCUT2D eigenvalue weighted by atomic mass is 32.5. The standard InChI is InChI=1S/C14H21N5O10P2S/c1-14(2)27-8-6(4-25-30(21,22)29-31(23,24)32)26-12(9(8)28-14)19-5-18(3)7-10(19)16-13(15)17-11(7)20/h5-6,8-9,12H,4H2,1-3H3,(H5-,15,16,17,20,21,22,23,24,32)/t6-,8-,9-,12-/m1/s1. The zero-order valence-electron chi connectivity index (χ0n) is 17.0. The fourth-order valence-corrected chi connectivity index (χ4v) is 6.11. The van der Waals surface area contributed by atoms with Crippen LogP contribution in [0.5, 0.6) is 5.88 Å². The Hall–Kier alpha value is -1.29. The number of hydrogen-bond acceptors (Lipinski definition) is 11. The average molecular weight is 513 g/mol. The number of nitrogens with zero attached hydrogens (tertiary/aromatic N) is 4. The fourth-order valence-electron chi connectivity index (χ4n) is 3.76. The molecule has 0 amide bonds. The number of aryl methyl sites for hydroxylation is 1. The van der Waals surface area contributed by atoms with Gasteiger partial charge in [0.05, 0.1) is 13.7 Å². The van der Waals surface area contributed by atoms with Crippen LogP contribution in [0.3, 0.4) is 0 Å². The quantitative estimate of drug-likeness (QED) is 0.261. The van der Waals surface area contributed by atoms with Crippen LogP contribution in [0.25, 0.3) is 11.2 Å². The van der Waals surface area contributed by atoms with Gasteiger partial charge in [0.2, 0.25) is 6.23 Å². The molecular formula is C14H21N5O10P2S. The van der Waals surface area contributed by atoms with Gasteiger partial charge in [-0.15, -0.1) is 0 Å². The summed E-state index contributed by atoms with van der Waals surface area (Å²) in [7, 11) is -3.27. The van der Waals surface area contributed by atoms with Gasteiger partial charge < -0.3 is 39.7 Å². The second-order valence-corrected chi connectivity index (χ2v) is 11.9. The van der Waals surface area contributed by atoms with Gasteiger partial charge in [0.15, 0.2) is 17.6 Å². The van der Waals surface area contributed by atoms with Crippen molar-refractivity contribution < 1.29 is 52.0 Å². The highest BCUT2D eigenvalue weighted by Gasteiger charge is 2.58. The number of imidazole rings is 1. The molecule has 0 bridgehead atoms. The third-order valence-corrected chi connectivity index (χ3v) is 7.51. The molecule has 2 aliphatic heterocycles. The molecule has 2 aromatic heterocycles. The van der Waals surface area contributed by atoms with Crippen molar-refractivity contribution in [2.45, 2.75) is 44.2 Å². The highest BCUT2D eigenvalue weighted by Crippen LogP contribution is 2.58. The smallest absolute Gasteiger partial charge is 0.479 e. The molecule has 18 heteroatoms. The zero-order valence-corrected chi connectivity index (χ0v) is 19.6. The maximum absolute atomic E-state index is 12.3. The van der Waals surface area contributed by atoms with Crippen molar-refractivity contribution >= 4 is 43.5 Å². The maximum atomic E-state index is 12.3. The molecular weight excluding hydrogens is 492 g/mol. The molecule has 5 N–H and O–H groups in total. The van der Waals surface area contributed by atoms with E-state index in [9.17, 15) is 14.6 Å². The number of aromatic nitrogens is 4. The lowest BCUT2D eigenvalue weighted by molar-refractivity contribution is -0.746. The second-order valence-electron chi connectivity index (χ2n) is 7.66. The van der Waals surface area contributed by atoms with Crippen molar-refractivity contribution in [1.82, 2.24) is 14.5 Å². The van der Waals surface area contributed by atoms with Gasteiger partial charge in [0, 0.05) is 5.88 Å².